The monoisotopic (exact) mass is 215 g/mol. The molecule has 0 saturated heterocycles. The Morgan fingerprint density at radius 3 is 2.79 bits per heavy atom. The molecule has 0 bridgehead atoms. The lowest BCUT2D eigenvalue weighted by molar-refractivity contribution is 0.517. The van der Waals surface area contributed by atoms with Gasteiger partial charge in [0.25, 0.3) is 0 Å². The zero-order chi connectivity index (χ0) is 10.6. The van der Waals surface area contributed by atoms with Crippen LogP contribution in [0.15, 0.2) is 18.2 Å². The van der Waals surface area contributed by atoms with Crippen molar-refractivity contribution in [2.45, 2.75) is 32.9 Å². The Morgan fingerprint density at radius 2 is 2.21 bits per heavy atom. The van der Waals surface area contributed by atoms with Crippen LogP contribution in [-0.4, -0.2) is 6.04 Å². The van der Waals surface area contributed by atoms with Crippen molar-refractivity contribution in [3.63, 3.8) is 0 Å². The minimum atomic E-state index is -0.242. The van der Waals surface area contributed by atoms with Gasteiger partial charge in [0.1, 0.15) is 5.82 Å². The molecule has 1 nitrogen and oxygen atoms in total. The Labute approximate surface area is 89.3 Å². The molecule has 1 rings (SSSR count). The van der Waals surface area contributed by atoms with Crippen LogP contribution >= 0.6 is 11.6 Å². The molecule has 1 N–H and O–H groups in total. The van der Waals surface area contributed by atoms with Gasteiger partial charge in [-0.1, -0.05) is 24.6 Å². The van der Waals surface area contributed by atoms with Gasteiger partial charge in [-0.15, -0.1) is 0 Å². The lowest BCUT2D eigenvalue weighted by atomic mass is 10.2. The van der Waals surface area contributed by atoms with Crippen molar-refractivity contribution in [1.82, 2.24) is 5.32 Å². The van der Waals surface area contributed by atoms with E-state index in [4.69, 9.17) is 11.6 Å². The zero-order valence-electron chi connectivity index (χ0n) is 8.48. The van der Waals surface area contributed by atoms with E-state index < -0.39 is 0 Å². The van der Waals surface area contributed by atoms with Gasteiger partial charge in [-0.25, -0.2) is 4.39 Å². The number of hydrogen-bond acceptors (Lipinski definition) is 1. The summed E-state index contributed by atoms with van der Waals surface area (Å²) in [6, 6.07) is 5.13. The van der Waals surface area contributed by atoms with Crippen LogP contribution in [0, 0.1) is 5.82 Å². The molecule has 0 aliphatic rings. The van der Waals surface area contributed by atoms with Crippen molar-refractivity contribution in [3.8, 4) is 0 Å². The third-order valence-electron chi connectivity index (χ3n) is 2.30. The van der Waals surface area contributed by atoms with Crippen LogP contribution < -0.4 is 5.32 Å². The van der Waals surface area contributed by atoms with Crippen molar-refractivity contribution in [2.75, 3.05) is 0 Å². The predicted molar refractivity (Wildman–Crippen MR) is 58.0 cm³/mol. The first-order chi connectivity index (χ1) is 6.65. The SMILES string of the molecule is CC[C@@H](C)NCc1c(F)cccc1Cl. The van der Waals surface area contributed by atoms with Gasteiger partial charge in [0.2, 0.25) is 0 Å². The molecule has 0 aromatic heterocycles. The fourth-order valence-electron chi connectivity index (χ4n) is 1.12. The first-order valence-corrected chi connectivity index (χ1v) is 5.19. The molecule has 0 amide bonds. The standard InChI is InChI=1S/C11H15ClFN/c1-3-8(2)14-7-9-10(12)5-4-6-11(9)13/h4-6,8,14H,3,7H2,1-2H3/t8-/m1/s1. The predicted octanol–water partition coefficient (Wildman–Crippen LogP) is 3.37. The summed E-state index contributed by atoms with van der Waals surface area (Å²) in [5.74, 6) is -0.242. The van der Waals surface area contributed by atoms with E-state index in [-0.39, 0.29) is 5.82 Å². The second-order valence-corrected chi connectivity index (χ2v) is 3.80. The lowest BCUT2D eigenvalue weighted by Gasteiger charge is -2.12. The molecule has 1 atom stereocenters. The van der Waals surface area contributed by atoms with E-state index in [9.17, 15) is 4.39 Å². The van der Waals surface area contributed by atoms with Crippen molar-refractivity contribution in [1.29, 1.82) is 0 Å². The summed E-state index contributed by atoms with van der Waals surface area (Å²) < 4.78 is 13.3. The van der Waals surface area contributed by atoms with Gasteiger partial charge < -0.3 is 5.32 Å². The molecule has 1 aromatic carbocycles. The molecule has 1 aromatic rings. The van der Waals surface area contributed by atoms with Crippen LogP contribution in [0.3, 0.4) is 0 Å². The third kappa shape index (κ3) is 2.96. The van der Waals surface area contributed by atoms with E-state index in [1.165, 1.54) is 6.07 Å². The molecule has 0 spiro atoms. The van der Waals surface area contributed by atoms with Gasteiger partial charge in [0, 0.05) is 23.2 Å². The first kappa shape index (κ1) is 11.5. The van der Waals surface area contributed by atoms with Gasteiger partial charge in [-0.05, 0) is 25.5 Å². The molecule has 0 saturated carbocycles. The average molecular weight is 216 g/mol. The van der Waals surface area contributed by atoms with Crippen LogP contribution in [0.4, 0.5) is 4.39 Å². The maximum atomic E-state index is 13.3. The van der Waals surface area contributed by atoms with Crippen LogP contribution in [0.25, 0.3) is 0 Å². The Bertz CT molecular complexity index is 281. The van der Waals surface area contributed by atoms with Crippen molar-refractivity contribution in [2.24, 2.45) is 0 Å². The summed E-state index contributed by atoms with van der Waals surface area (Å²) in [7, 11) is 0. The number of benzene rings is 1. The summed E-state index contributed by atoms with van der Waals surface area (Å²) in [4.78, 5) is 0. The Kier molecular flexibility index (Phi) is 4.36. The molecular weight excluding hydrogens is 201 g/mol. The third-order valence-corrected chi connectivity index (χ3v) is 2.66. The van der Waals surface area contributed by atoms with Crippen molar-refractivity contribution in [3.05, 3.63) is 34.6 Å². The molecule has 0 heterocycles. The van der Waals surface area contributed by atoms with Crippen LogP contribution in [0.5, 0.6) is 0 Å². The van der Waals surface area contributed by atoms with Gasteiger partial charge in [0.15, 0.2) is 0 Å². The molecule has 0 aliphatic heterocycles. The quantitative estimate of drug-likeness (QED) is 0.812. The van der Waals surface area contributed by atoms with Gasteiger partial charge in [-0.3, -0.25) is 0 Å². The minimum Gasteiger partial charge on any atom is -0.310 e. The Morgan fingerprint density at radius 1 is 1.50 bits per heavy atom. The minimum absolute atomic E-state index is 0.242. The number of hydrogen-bond donors (Lipinski definition) is 1. The fraction of sp³-hybridized carbons (Fsp3) is 0.455. The maximum absolute atomic E-state index is 13.3. The molecule has 78 valence electrons. The summed E-state index contributed by atoms with van der Waals surface area (Å²) in [5.41, 5.74) is 0.550. The number of nitrogens with one attached hydrogen (secondary N) is 1. The molecule has 0 unspecified atom stereocenters. The highest BCUT2D eigenvalue weighted by Crippen LogP contribution is 2.18. The largest absolute Gasteiger partial charge is 0.310 e. The van der Waals surface area contributed by atoms with E-state index in [0.717, 1.165) is 6.42 Å². The summed E-state index contributed by atoms with van der Waals surface area (Å²) in [6.45, 7) is 4.63. The molecule has 0 radical (unpaired) electrons. The first-order valence-electron chi connectivity index (χ1n) is 4.81. The lowest BCUT2D eigenvalue weighted by Crippen LogP contribution is -2.25. The van der Waals surface area contributed by atoms with Crippen molar-refractivity contribution < 1.29 is 4.39 Å². The van der Waals surface area contributed by atoms with Gasteiger partial charge in [-0.2, -0.15) is 0 Å². The smallest absolute Gasteiger partial charge is 0.129 e. The van der Waals surface area contributed by atoms with E-state index >= 15 is 0 Å². The fourth-order valence-corrected chi connectivity index (χ4v) is 1.35. The molecule has 14 heavy (non-hydrogen) atoms. The second kappa shape index (κ2) is 5.32. The van der Waals surface area contributed by atoms with E-state index in [0.29, 0.717) is 23.2 Å². The van der Waals surface area contributed by atoms with Crippen LogP contribution in [0.1, 0.15) is 25.8 Å². The molecular formula is C11H15ClFN. The molecule has 3 heteroatoms. The molecule has 0 fully saturated rings. The molecule has 0 aliphatic carbocycles. The second-order valence-electron chi connectivity index (χ2n) is 3.39. The van der Waals surface area contributed by atoms with E-state index in [2.05, 4.69) is 19.2 Å². The number of rotatable bonds is 4. The summed E-state index contributed by atoms with van der Waals surface area (Å²) in [5, 5.41) is 3.69. The van der Waals surface area contributed by atoms with Gasteiger partial charge >= 0.3 is 0 Å². The van der Waals surface area contributed by atoms with E-state index in [1.807, 2.05) is 0 Å². The topological polar surface area (TPSA) is 12.0 Å². The highest BCUT2D eigenvalue weighted by molar-refractivity contribution is 6.31. The van der Waals surface area contributed by atoms with Gasteiger partial charge in [0.05, 0.1) is 0 Å². The summed E-state index contributed by atoms with van der Waals surface area (Å²) in [6.07, 6.45) is 1.02. The van der Waals surface area contributed by atoms with E-state index in [1.54, 1.807) is 12.1 Å². The normalized spacial score (nSPS) is 12.9. The van der Waals surface area contributed by atoms with Crippen molar-refractivity contribution >= 4 is 11.6 Å². The van der Waals surface area contributed by atoms with Crippen LogP contribution in [0.2, 0.25) is 5.02 Å². The number of halogens is 2. The Balaban J connectivity index is 2.66. The van der Waals surface area contributed by atoms with Crippen LogP contribution in [-0.2, 0) is 6.54 Å². The highest BCUT2D eigenvalue weighted by Gasteiger charge is 2.07. The maximum Gasteiger partial charge on any atom is 0.129 e. The Hall–Kier alpha value is -0.600. The summed E-state index contributed by atoms with van der Waals surface area (Å²) >= 11 is 5.88. The highest BCUT2D eigenvalue weighted by atomic mass is 35.5. The average Bonchev–Trinajstić information content (AvgIpc) is 2.16. The zero-order valence-corrected chi connectivity index (χ0v) is 9.24.